The van der Waals surface area contributed by atoms with Gasteiger partial charge in [-0.3, -0.25) is 9.59 Å². The molecule has 1 aliphatic heterocycles. The molecule has 6 heteroatoms. The number of methoxy groups -OCH3 is 1. The Labute approximate surface area is 152 Å². The van der Waals surface area contributed by atoms with Crippen molar-refractivity contribution < 1.29 is 19.1 Å². The molecule has 0 aliphatic carbocycles. The smallest absolute Gasteiger partial charge is 0.243 e. The maximum Gasteiger partial charge on any atom is 0.243 e. The standard InChI is InChI=1S/C20H22N2O4/c1-13-11-22(18-10-15(14(2)23)4-9-19(18)26-13)12-20(24)21-16-5-7-17(25-3)8-6-16/h4-10,13H,11-12H2,1-3H3,(H,21,24). The summed E-state index contributed by atoms with van der Waals surface area (Å²) in [5.41, 5.74) is 2.07. The van der Waals surface area contributed by atoms with Crippen LogP contribution < -0.4 is 19.7 Å². The van der Waals surface area contributed by atoms with E-state index in [0.717, 1.165) is 11.4 Å². The van der Waals surface area contributed by atoms with E-state index in [4.69, 9.17) is 9.47 Å². The first-order chi connectivity index (χ1) is 12.5. The molecule has 0 saturated carbocycles. The molecule has 2 aromatic rings. The molecule has 0 spiro atoms. The van der Waals surface area contributed by atoms with Crippen LogP contribution in [-0.2, 0) is 4.79 Å². The quantitative estimate of drug-likeness (QED) is 0.836. The number of anilines is 2. The van der Waals surface area contributed by atoms with E-state index in [-0.39, 0.29) is 24.3 Å². The van der Waals surface area contributed by atoms with Crippen molar-refractivity contribution >= 4 is 23.1 Å². The number of nitrogens with zero attached hydrogens (tertiary/aromatic N) is 1. The summed E-state index contributed by atoms with van der Waals surface area (Å²) in [5.74, 6) is 1.26. The van der Waals surface area contributed by atoms with E-state index in [9.17, 15) is 9.59 Å². The van der Waals surface area contributed by atoms with Crippen LogP contribution in [0.3, 0.4) is 0 Å². The number of ketones is 1. The number of ether oxygens (including phenoxy) is 2. The highest BCUT2D eigenvalue weighted by molar-refractivity contribution is 5.97. The highest BCUT2D eigenvalue weighted by Gasteiger charge is 2.25. The lowest BCUT2D eigenvalue weighted by Crippen LogP contribution is -2.42. The molecule has 0 aromatic heterocycles. The van der Waals surface area contributed by atoms with Crippen LogP contribution in [0.25, 0.3) is 0 Å². The van der Waals surface area contributed by atoms with Gasteiger partial charge in [-0.25, -0.2) is 0 Å². The Hall–Kier alpha value is -3.02. The van der Waals surface area contributed by atoms with E-state index in [1.807, 2.05) is 11.8 Å². The molecule has 3 rings (SSSR count). The van der Waals surface area contributed by atoms with Crippen LogP contribution in [0.1, 0.15) is 24.2 Å². The second-order valence-corrected chi connectivity index (χ2v) is 6.32. The van der Waals surface area contributed by atoms with Gasteiger partial charge in [-0.15, -0.1) is 0 Å². The molecule has 1 unspecified atom stereocenters. The van der Waals surface area contributed by atoms with Crippen LogP contribution in [0.5, 0.6) is 11.5 Å². The highest BCUT2D eigenvalue weighted by atomic mass is 16.5. The van der Waals surface area contributed by atoms with E-state index in [1.54, 1.807) is 49.6 Å². The molecule has 2 aromatic carbocycles. The number of nitrogens with one attached hydrogen (secondary N) is 1. The fraction of sp³-hybridized carbons (Fsp3) is 0.300. The summed E-state index contributed by atoms with van der Waals surface area (Å²) in [4.78, 5) is 26.1. The van der Waals surface area contributed by atoms with Gasteiger partial charge in [0.1, 0.15) is 17.6 Å². The van der Waals surface area contributed by atoms with E-state index < -0.39 is 0 Å². The first kappa shape index (κ1) is 17.8. The van der Waals surface area contributed by atoms with Crippen LogP contribution in [-0.4, -0.2) is 38.0 Å². The first-order valence-corrected chi connectivity index (χ1v) is 8.47. The van der Waals surface area contributed by atoms with Crippen LogP contribution in [0.4, 0.5) is 11.4 Å². The number of hydrogen-bond acceptors (Lipinski definition) is 5. The zero-order chi connectivity index (χ0) is 18.7. The molecule has 0 radical (unpaired) electrons. The Bertz CT molecular complexity index is 817. The number of Topliss-reactive ketones (excluding diaryl/α,β-unsaturated/α-hetero) is 1. The summed E-state index contributed by atoms with van der Waals surface area (Å²) in [7, 11) is 1.60. The molecule has 0 saturated heterocycles. The number of carbonyl (C=O) groups excluding carboxylic acids is 2. The summed E-state index contributed by atoms with van der Waals surface area (Å²) in [6.45, 7) is 4.23. The Morgan fingerprint density at radius 3 is 2.62 bits per heavy atom. The molecular weight excluding hydrogens is 332 g/mol. The lowest BCUT2D eigenvalue weighted by Gasteiger charge is -2.34. The SMILES string of the molecule is COc1ccc(NC(=O)CN2CC(C)Oc3ccc(C(C)=O)cc32)cc1. The van der Waals surface area contributed by atoms with Gasteiger partial charge in [0.15, 0.2) is 5.78 Å². The molecular formula is C20H22N2O4. The summed E-state index contributed by atoms with van der Waals surface area (Å²) in [6.07, 6.45) is -0.0422. The lowest BCUT2D eigenvalue weighted by molar-refractivity contribution is -0.115. The minimum atomic E-state index is -0.136. The van der Waals surface area contributed by atoms with Crippen molar-refractivity contribution in [3.05, 3.63) is 48.0 Å². The number of hydrogen-bond donors (Lipinski definition) is 1. The second-order valence-electron chi connectivity index (χ2n) is 6.32. The third kappa shape index (κ3) is 3.96. The highest BCUT2D eigenvalue weighted by Crippen LogP contribution is 2.34. The van der Waals surface area contributed by atoms with E-state index in [1.165, 1.54) is 6.92 Å². The number of carbonyl (C=O) groups is 2. The van der Waals surface area contributed by atoms with Gasteiger partial charge in [0.25, 0.3) is 0 Å². The first-order valence-electron chi connectivity index (χ1n) is 8.47. The average Bonchev–Trinajstić information content (AvgIpc) is 2.61. The van der Waals surface area contributed by atoms with Gasteiger partial charge in [-0.2, -0.15) is 0 Å². The number of fused-ring (bicyclic) bond motifs is 1. The third-order valence-corrected chi connectivity index (χ3v) is 4.22. The fourth-order valence-corrected chi connectivity index (χ4v) is 2.94. The van der Waals surface area contributed by atoms with Crippen molar-refractivity contribution in [1.82, 2.24) is 0 Å². The Kier molecular flexibility index (Phi) is 5.11. The van der Waals surface area contributed by atoms with Gasteiger partial charge in [0, 0.05) is 11.3 Å². The third-order valence-electron chi connectivity index (χ3n) is 4.22. The number of rotatable bonds is 5. The molecule has 1 atom stereocenters. The summed E-state index contributed by atoms with van der Waals surface area (Å²) in [5, 5.41) is 2.88. The Morgan fingerprint density at radius 2 is 1.96 bits per heavy atom. The van der Waals surface area contributed by atoms with Gasteiger partial charge >= 0.3 is 0 Å². The van der Waals surface area contributed by atoms with E-state index in [0.29, 0.717) is 23.5 Å². The summed E-state index contributed by atoms with van der Waals surface area (Å²) in [6, 6.07) is 12.5. The molecule has 0 bridgehead atoms. The number of benzene rings is 2. The van der Waals surface area contributed by atoms with Crippen molar-refractivity contribution in [2.75, 3.05) is 30.4 Å². The monoisotopic (exact) mass is 354 g/mol. The van der Waals surface area contributed by atoms with Gasteiger partial charge in [-0.05, 0) is 56.3 Å². The molecule has 1 heterocycles. The van der Waals surface area contributed by atoms with Crippen LogP contribution in [0.15, 0.2) is 42.5 Å². The summed E-state index contributed by atoms with van der Waals surface area (Å²) < 4.78 is 10.9. The molecule has 1 N–H and O–H groups in total. The van der Waals surface area contributed by atoms with Crippen molar-refractivity contribution in [2.45, 2.75) is 20.0 Å². The van der Waals surface area contributed by atoms with Gasteiger partial charge in [0.2, 0.25) is 5.91 Å². The predicted octanol–water partition coefficient (Wildman–Crippen LogP) is 3.12. The van der Waals surface area contributed by atoms with Crippen LogP contribution in [0.2, 0.25) is 0 Å². The molecule has 26 heavy (non-hydrogen) atoms. The normalized spacial score (nSPS) is 15.7. The maximum atomic E-state index is 12.5. The number of amides is 1. The van der Waals surface area contributed by atoms with Crippen molar-refractivity contribution in [3.63, 3.8) is 0 Å². The van der Waals surface area contributed by atoms with Gasteiger partial charge in [-0.1, -0.05) is 0 Å². The van der Waals surface area contributed by atoms with E-state index >= 15 is 0 Å². The van der Waals surface area contributed by atoms with E-state index in [2.05, 4.69) is 5.32 Å². The fourth-order valence-electron chi connectivity index (χ4n) is 2.94. The van der Waals surface area contributed by atoms with Crippen molar-refractivity contribution in [1.29, 1.82) is 0 Å². The molecule has 136 valence electrons. The van der Waals surface area contributed by atoms with Gasteiger partial charge in [0.05, 0.1) is 25.9 Å². The van der Waals surface area contributed by atoms with Crippen LogP contribution >= 0.6 is 0 Å². The van der Waals surface area contributed by atoms with Gasteiger partial charge < -0.3 is 19.7 Å². The molecule has 1 aliphatic rings. The minimum absolute atomic E-state index is 0.0194. The van der Waals surface area contributed by atoms with Crippen molar-refractivity contribution in [3.8, 4) is 11.5 Å². The minimum Gasteiger partial charge on any atom is -0.497 e. The largest absolute Gasteiger partial charge is 0.497 e. The van der Waals surface area contributed by atoms with Crippen molar-refractivity contribution in [2.24, 2.45) is 0 Å². The molecule has 0 fully saturated rings. The zero-order valence-electron chi connectivity index (χ0n) is 15.1. The average molecular weight is 354 g/mol. The lowest BCUT2D eigenvalue weighted by atomic mass is 10.1. The van der Waals surface area contributed by atoms with Crippen LogP contribution in [0, 0.1) is 0 Å². The Morgan fingerprint density at radius 1 is 1.23 bits per heavy atom. The summed E-state index contributed by atoms with van der Waals surface area (Å²) >= 11 is 0. The maximum absolute atomic E-state index is 12.5. The molecule has 6 nitrogen and oxygen atoms in total. The topological polar surface area (TPSA) is 67.9 Å². The Balaban J connectivity index is 1.75. The second kappa shape index (κ2) is 7.47. The molecule has 1 amide bonds. The predicted molar refractivity (Wildman–Crippen MR) is 100 cm³/mol. The zero-order valence-corrected chi connectivity index (χ0v) is 15.1.